The topological polar surface area (TPSA) is 105 Å². The Balaban J connectivity index is 2.28. The molecule has 0 saturated carbocycles. The molecule has 1 saturated heterocycles. The molecule has 3 amide bonds. The molecule has 21 heavy (non-hydrogen) atoms. The number of imide groups is 1. The second kappa shape index (κ2) is 5.61. The molecule has 1 heterocycles. The zero-order chi connectivity index (χ0) is 15.6. The van der Waals surface area contributed by atoms with Crippen LogP contribution in [0.2, 0.25) is 0 Å². The Morgan fingerprint density at radius 1 is 1.33 bits per heavy atom. The van der Waals surface area contributed by atoms with E-state index >= 15 is 0 Å². The summed E-state index contributed by atoms with van der Waals surface area (Å²) in [5, 5.41) is 3.87. The van der Waals surface area contributed by atoms with Crippen LogP contribution in [0.1, 0.15) is 19.4 Å². The van der Waals surface area contributed by atoms with E-state index in [1.54, 1.807) is 31.2 Å². The van der Waals surface area contributed by atoms with Crippen molar-refractivity contribution < 1.29 is 19.2 Å². The number of carbonyl (C=O) groups excluding carboxylic acids is 3. The summed E-state index contributed by atoms with van der Waals surface area (Å²) in [6.07, 6.45) is 1.45. The van der Waals surface area contributed by atoms with Crippen LogP contribution in [-0.2, 0) is 14.4 Å². The maximum absolute atomic E-state index is 12.2. The van der Waals surface area contributed by atoms with Crippen molar-refractivity contribution >= 4 is 29.8 Å². The summed E-state index contributed by atoms with van der Waals surface area (Å²) in [4.78, 5) is 41.0. The maximum Gasteiger partial charge on any atom is 0.366 e. The van der Waals surface area contributed by atoms with E-state index in [1.807, 2.05) is 0 Å². The van der Waals surface area contributed by atoms with Gasteiger partial charge in [0.2, 0.25) is 0 Å². The largest absolute Gasteiger partial charge is 0.366 e. The van der Waals surface area contributed by atoms with Gasteiger partial charge in [0.05, 0.1) is 6.21 Å². The van der Waals surface area contributed by atoms with Crippen molar-refractivity contribution in [2.75, 3.05) is 4.90 Å². The number of hydrogen-bond donors (Lipinski definition) is 1. The molecular weight excluding hydrogens is 276 g/mol. The highest BCUT2D eigenvalue weighted by Crippen LogP contribution is 2.26. The van der Waals surface area contributed by atoms with Crippen molar-refractivity contribution in [2.45, 2.75) is 19.9 Å². The van der Waals surface area contributed by atoms with Crippen LogP contribution < -0.4 is 10.7 Å². The second-order valence-corrected chi connectivity index (χ2v) is 4.41. The molecule has 1 aliphatic heterocycles. The highest BCUT2D eigenvalue weighted by molar-refractivity contribution is 6.13. The number of anilines is 1. The van der Waals surface area contributed by atoms with E-state index in [0.717, 1.165) is 12.5 Å². The number of carbonyl (C=O) groups is 3. The zero-order valence-corrected chi connectivity index (χ0v) is 11.5. The Bertz CT molecular complexity index is 611. The molecule has 0 spiro atoms. The highest BCUT2D eigenvalue weighted by atomic mass is 16.7. The molecule has 110 valence electrons. The minimum Gasteiger partial charge on any atom is -0.329 e. The third-order valence-electron chi connectivity index (χ3n) is 2.94. The van der Waals surface area contributed by atoms with Crippen LogP contribution in [0.25, 0.3) is 0 Å². The van der Waals surface area contributed by atoms with Crippen LogP contribution in [0.5, 0.6) is 0 Å². The van der Waals surface area contributed by atoms with Gasteiger partial charge in [-0.2, -0.15) is 5.10 Å². The number of hydrazone groups is 1. The number of urea groups is 1. The monoisotopic (exact) mass is 290 g/mol. The highest BCUT2D eigenvalue weighted by Gasteiger charge is 2.45. The van der Waals surface area contributed by atoms with Crippen LogP contribution >= 0.6 is 0 Å². The average Bonchev–Trinajstić information content (AvgIpc) is 2.64. The summed E-state index contributed by atoms with van der Waals surface area (Å²) >= 11 is 0. The molecule has 0 bridgehead atoms. The number of rotatable bonds is 3. The Morgan fingerprint density at radius 2 is 1.95 bits per heavy atom. The number of hydroxylamine groups is 2. The van der Waals surface area contributed by atoms with Gasteiger partial charge in [-0.05, 0) is 24.6 Å². The zero-order valence-electron chi connectivity index (χ0n) is 11.5. The quantitative estimate of drug-likeness (QED) is 0.380. The Morgan fingerprint density at radius 3 is 2.48 bits per heavy atom. The van der Waals surface area contributed by atoms with E-state index in [4.69, 9.17) is 5.84 Å². The molecule has 1 unspecified atom stereocenters. The van der Waals surface area contributed by atoms with Crippen LogP contribution in [0.3, 0.4) is 0 Å². The predicted molar refractivity (Wildman–Crippen MR) is 74.2 cm³/mol. The fourth-order valence-electron chi connectivity index (χ4n) is 1.99. The number of hydrogen-bond acceptors (Lipinski definition) is 6. The smallest absolute Gasteiger partial charge is 0.329 e. The standard InChI is InChI=1S/C13H14N4O4/c1-8-12(19)17(21-9(2)18)13(20)16(8)11-5-3-10(4-6-11)7-15-14/h3-8H,14H2,1-2H3/b15-7+. The van der Waals surface area contributed by atoms with Gasteiger partial charge in [-0.15, -0.1) is 0 Å². The summed E-state index contributed by atoms with van der Waals surface area (Å²) < 4.78 is 0. The molecule has 0 radical (unpaired) electrons. The molecule has 8 nitrogen and oxygen atoms in total. The lowest BCUT2D eigenvalue weighted by molar-refractivity contribution is -0.180. The summed E-state index contributed by atoms with van der Waals surface area (Å²) in [5.74, 6) is 3.72. The minimum absolute atomic E-state index is 0.474. The average molecular weight is 290 g/mol. The molecule has 0 aromatic heterocycles. The summed E-state index contributed by atoms with van der Waals surface area (Å²) in [7, 11) is 0. The summed E-state index contributed by atoms with van der Waals surface area (Å²) in [6, 6.07) is 5.23. The fraction of sp³-hybridized carbons (Fsp3) is 0.231. The first-order valence-electron chi connectivity index (χ1n) is 6.14. The fourth-order valence-corrected chi connectivity index (χ4v) is 1.99. The number of nitrogens with zero attached hydrogens (tertiary/aromatic N) is 3. The number of benzene rings is 1. The van der Waals surface area contributed by atoms with Crippen LogP contribution in [0.4, 0.5) is 10.5 Å². The van der Waals surface area contributed by atoms with E-state index < -0.39 is 23.9 Å². The van der Waals surface area contributed by atoms with Crippen molar-refractivity contribution in [3.8, 4) is 0 Å². The van der Waals surface area contributed by atoms with Gasteiger partial charge in [-0.1, -0.05) is 17.2 Å². The van der Waals surface area contributed by atoms with Crippen LogP contribution in [-0.4, -0.2) is 35.2 Å². The van der Waals surface area contributed by atoms with Gasteiger partial charge >= 0.3 is 12.0 Å². The first-order valence-corrected chi connectivity index (χ1v) is 6.14. The van der Waals surface area contributed by atoms with E-state index in [-0.39, 0.29) is 0 Å². The predicted octanol–water partition coefficient (Wildman–Crippen LogP) is 0.614. The molecule has 1 aliphatic rings. The minimum atomic E-state index is -0.758. The molecule has 0 aliphatic carbocycles. The first kappa shape index (κ1) is 14.5. The van der Waals surface area contributed by atoms with Crippen LogP contribution in [0, 0.1) is 0 Å². The van der Waals surface area contributed by atoms with Crippen molar-refractivity contribution in [3.63, 3.8) is 0 Å². The van der Waals surface area contributed by atoms with Crippen molar-refractivity contribution in [1.29, 1.82) is 0 Å². The lowest BCUT2D eigenvalue weighted by Crippen LogP contribution is -2.34. The Hall–Kier alpha value is -2.90. The summed E-state index contributed by atoms with van der Waals surface area (Å²) in [5.41, 5.74) is 1.26. The first-order chi connectivity index (χ1) is 9.95. The molecule has 8 heteroatoms. The third-order valence-corrected chi connectivity index (χ3v) is 2.94. The van der Waals surface area contributed by atoms with E-state index in [2.05, 4.69) is 9.94 Å². The van der Waals surface area contributed by atoms with Crippen molar-refractivity contribution in [3.05, 3.63) is 29.8 Å². The van der Waals surface area contributed by atoms with Gasteiger partial charge in [0.15, 0.2) is 0 Å². The summed E-state index contributed by atoms with van der Waals surface area (Å²) in [6.45, 7) is 2.67. The molecule has 2 rings (SSSR count). The molecule has 1 aromatic carbocycles. The van der Waals surface area contributed by atoms with Crippen LogP contribution in [0.15, 0.2) is 29.4 Å². The van der Waals surface area contributed by atoms with E-state index in [1.165, 1.54) is 11.1 Å². The third kappa shape index (κ3) is 2.69. The molecule has 1 fully saturated rings. The van der Waals surface area contributed by atoms with Gasteiger partial charge < -0.3 is 10.7 Å². The molecular formula is C13H14N4O4. The maximum atomic E-state index is 12.2. The van der Waals surface area contributed by atoms with Gasteiger partial charge in [-0.3, -0.25) is 9.69 Å². The molecule has 1 atom stereocenters. The second-order valence-electron chi connectivity index (χ2n) is 4.41. The van der Waals surface area contributed by atoms with Crippen molar-refractivity contribution in [1.82, 2.24) is 5.06 Å². The van der Waals surface area contributed by atoms with Gasteiger partial charge in [0, 0.05) is 12.6 Å². The molecule has 1 aromatic rings. The lowest BCUT2D eigenvalue weighted by Gasteiger charge is -2.18. The Kier molecular flexibility index (Phi) is 3.88. The van der Waals surface area contributed by atoms with Crippen molar-refractivity contribution in [2.24, 2.45) is 10.9 Å². The van der Waals surface area contributed by atoms with Gasteiger partial charge in [-0.25, -0.2) is 9.59 Å². The lowest BCUT2D eigenvalue weighted by atomic mass is 10.2. The normalized spacial score (nSPS) is 18.7. The number of nitrogens with two attached hydrogens (primary N) is 1. The Labute approximate surface area is 120 Å². The van der Waals surface area contributed by atoms with Gasteiger partial charge in [0.1, 0.15) is 6.04 Å². The van der Waals surface area contributed by atoms with E-state index in [9.17, 15) is 14.4 Å². The van der Waals surface area contributed by atoms with Gasteiger partial charge in [0.25, 0.3) is 5.91 Å². The van der Waals surface area contributed by atoms with E-state index in [0.29, 0.717) is 10.8 Å². The molecule has 2 N–H and O–H groups in total. The number of amides is 3. The SMILES string of the molecule is CC(=O)ON1C(=O)C(C)N(c2ccc(/C=N/N)cc2)C1=O.